The van der Waals surface area contributed by atoms with Gasteiger partial charge in [0, 0.05) is 30.1 Å². The summed E-state index contributed by atoms with van der Waals surface area (Å²) in [6.07, 6.45) is 3.30. The van der Waals surface area contributed by atoms with Crippen LogP contribution in [-0.2, 0) is 17.6 Å². The van der Waals surface area contributed by atoms with Crippen molar-refractivity contribution >= 4 is 17.5 Å². The zero-order valence-corrected chi connectivity index (χ0v) is 15.0. The molecule has 1 saturated heterocycles. The molecular weight excluding hydrogens is 324 g/mol. The van der Waals surface area contributed by atoms with E-state index in [0.717, 1.165) is 48.0 Å². The third kappa shape index (κ3) is 3.99. The minimum Gasteiger partial charge on any atom is -0.361 e. The van der Waals surface area contributed by atoms with Crippen LogP contribution in [0.3, 0.4) is 0 Å². The van der Waals surface area contributed by atoms with Gasteiger partial charge < -0.3 is 9.42 Å². The second-order valence-electron chi connectivity index (χ2n) is 6.63. The van der Waals surface area contributed by atoms with E-state index in [9.17, 15) is 4.79 Å². The minimum absolute atomic E-state index is 0.230. The van der Waals surface area contributed by atoms with E-state index in [1.807, 2.05) is 30.9 Å². The molecule has 1 aromatic heterocycles. The van der Waals surface area contributed by atoms with Crippen molar-refractivity contribution in [3.05, 3.63) is 51.9 Å². The van der Waals surface area contributed by atoms with Crippen molar-refractivity contribution in [3.8, 4) is 0 Å². The van der Waals surface area contributed by atoms with Crippen molar-refractivity contribution in [1.82, 2.24) is 10.1 Å². The molecule has 0 saturated carbocycles. The molecule has 2 aromatic rings. The Kier molecular flexibility index (Phi) is 5.24. The molecular formula is C19H23ClN2O2. The topological polar surface area (TPSA) is 46.3 Å². The fourth-order valence-electron chi connectivity index (χ4n) is 3.43. The van der Waals surface area contributed by atoms with Crippen molar-refractivity contribution in [2.75, 3.05) is 13.1 Å². The molecule has 1 aromatic carbocycles. The lowest BCUT2D eigenvalue weighted by Gasteiger charge is -2.16. The van der Waals surface area contributed by atoms with Crippen molar-refractivity contribution in [3.63, 3.8) is 0 Å². The first kappa shape index (κ1) is 17.0. The summed E-state index contributed by atoms with van der Waals surface area (Å²) in [6, 6.07) is 8.01. The summed E-state index contributed by atoms with van der Waals surface area (Å²) in [5, 5.41) is 4.71. The average molecular weight is 347 g/mol. The number of rotatable bonds is 5. The van der Waals surface area contributed by atoms with Crippen LogP contribution in [0, 0.1) is 19.8 Å². The van der Waals surface area contributed by atoms with Crippen molar-refractivity contribution in [1.29, 1.82) is 0 Å². The van der Waals surface area contributed by atoms with Crippen molar-refractivity contribution in [2.24, 2.45) is 5.92 Å². The van der Waals surface area contributed by atoms with E-state index in [1.165, 1.54) is 5.56 Å². The van der Waals surface area contributed by atoms with Crippen LogP contribution in [0.1, 0.15) is 35.4 Å². The maximum absolute atomic E-state index is 12.5. The van der Waals surface area contributed by atoms with E-state index in [1.54, 1.807) is 0 Å². The first-order valence-corrected chi connectivity index (χ1v) is 8.84. The number of hydrogen-bond acceptors (Lipinski definition) is 3. The number of aromatic nitrogens is 1. The van der Waals surface area contributed by atoms with Crippen LogP contribution in [0.2, 0.25) is 5.02 Å². The molecule has 1 fully saturated rings. The molecule has 1 amide bonds. The van der Waals surface area contributed by atoms with Crippen LogP contribution in [0.25, 0.3) is 0 Å². The van der Waals surface area contributed by atoms with Gasteiger partial charge in [0.25, 0.3) is 0 Å². The summed E-state index contributed by atoms with van der Waals surface area (Å²) in [5.74, 6) is 1.59. The average Bonchev–Trinajstić information content (AvgIpc) is 3.15. The van der Waals surface area contributed by atoms with Gasteiger partial charge >= 0.3 is 0 Å². The maximum atomic E-state index is 12.5. The monoisotopic (exact) mass is 346 g/mol. The second-order valence-corrected chi connectivity index (χ2v) is 7.06. The summed E-state index contributed by atoms with van der Waals surface area (Å²) in [4.78, 5) is 14.5. The quantitative estimate of drug-likeness (QED) is 0.823. The zero-order chi connectivity index (χ0) is 17.1. The lowest BCUT2D eigenvalue weighted by atomic mass is 9.99. The minimum atomic E-state index is 0.230. The molecule has 5 heteroatoms. The molecule has 3 rings (SSSR count). The van der Waals surface area contributed by atoms with E-state index in [4.69, 9.17) is 16.1 Å². The third-order valence-corrected chi connectivity index (χ3v) is 5.10. The normalized spacial score (nSPS) is 17.5. The molecule has 4 nitrogen and oxygen atoms in total. The Balaban J connectivity index is 1.49. The zero-order valence-electron chi connectivity index (χ0n) is 14.2. The van der Waals surface area contributed by atoms with Crippen LogP contribution >= 0.6 is 11.6 Å². The molecule has 0 radical (unpaired) electrons. The Bertz CT molecular complexity index is 689. The lowest BCUT2D eigenvalue weighted by molar-refractivity contribution is -0.130. The molecule has 2 heterocycles. The number of carbonyl (C=O) groups excluding carboxylic acids is 1. The molecule has 0 spiro atoms. The van der Waals surface area contributed by atoms with Gasteiger partial charge in [-0.15, -0.1) is 0 Å². The number of halogens is 1. The maximum Gasteiger partial charge on any atom is 0.222 e. The smallest absolute Gasteiger partial charge is 0.222 e. The Morgan fingerprint density at radius 1 is 1.33 bits per heavy atom. The molecule has 0 aliphatic carbocycles. The highest BCUT2D eigenvalue weighted by Gasteiger charge is 2.26. The number of carbonyl (C=O) groups is 1. The fraction of sp³-hybridized carbons (Fsp3) is 0.474. The van der Waals surface area contributed by atoms with Crippen LogP contribution in [0.15, 0.2) is 28.8 Å². The van der Waals surface area contributed by atoms with Gasteiger partial charge in [0.05, 0.1) is 5.69 Å². The highest BCUT2D eigenvalue weighted by molar-refractivity contribution is 6.30. The Labute approximate surface area is 147 Å². The van der Waals surface area contributed by atoms with Gasteiger partial charge in [-0.1, -0.05) is 28.9 Å². The molecule has 1 aliphatic heterocycles. The number of amides is 1. The van der Waals surface area contributed by atoms with Crippen molar-refractivity contribution < 1.29 is 9.32 Å². The van der Waals surface area contributed by atoms with Crippen LogP contribution < -0.4 is 0 Å². The van der Waals surface area contributed by atoms with Crippen LogP contribution in [0.5, 0.6) is 0 Å². The van der Waals surface area contributed by atoms with E-state index in [-0.39, 0.29) is 5.91 Å². The molecule has 128 valence electrons. The first-order valence-electron chi connectivity index (χ1n) is 8.47. The van der Waals surface area contributed by atoms with E-state index < -0.39 is 0 Å². The first-order chi connectivity index (χ1) is 11.5. The summed E-state index contributed by atoms with van der Waals surface area (Å²) in [5.41, 5.74) is 3.25. The van der Waals surface area contributed by atoms with Gasteiger partial charge in [0.1, 0.15) is 5.76 Å². The summed E-state index contributed by atoms with van der Waals surface area (Å²) < 4.78 is 5.16. The standard InChI is InChI=1S/C19H23ClN2O2/c1-13-18(14(2)24-21-13)7-8-19(23)22-10-9-16(12-22)11-15-3-5-17(20)6-4-15/h3-6,16H,7-12H2,1-2H3. The number of benzene rings is 1. The van der Waals surface area contributed by atoms with E-state index in [2.05, 4.69) is 17.3 Å². The molecule has 0 N–H and O–H groups in total. The Morgan fingerprint density at radius 3 is 2.75 bits per heavy atom. The van der Waals surface area contributed by atoms with Gasteiger partial charge in [-0.05, 0) is 56.7 Å². The molecule has 1 aliphatic rings. The molecule has 0 bridgehead atoms. The van der Waals surface area contributed by atoms with Crippen LogP contribution in [-0.4, -0.2) is 29.1 Å². The highest BCUT2D eigenvalue weighted by atomic mass is 35.5. The van der Waals surface area contributed by atoms with E-state index in [0.29, 0.717) is 18.8 Å². The number of likely N-dealkylation sites (tertiary alicyclic amines) is 1. The van der Waals surface area contributed by atoms with Gasteiger partial charge in [0.2, 0.25) is 5.91 Å². The molecule has 1 unspecified atom stereocenters. The number of nitrogens with zero attached hydrogens (tertiary/aromatic N) is 2. The van der Waals surface area contributed by atoms with Gasteiger partial charge in [-0.2, -0.15) is 0 Å². The predicted molar refractivity (Wildman–Crippen MR) is 94.1 cm³/mol. The van der Waals surface area contributed by atoms with E-state index >= 15 is 0 Å². The summed E-state index contributed by atoms with van der Waals surface area (Å²) in [7, 11) is 0. The molecule has 24 heavy (non-hydrogen) atoms. The highest BCUT2D eigenvalue weighted by Crippen LogP contribution is 2.23. The van der Waals surface area contributed by atoms with Gasteiger partial charge in [-0.3, -0.25) is 4.79 Å². The van der Waals surface area contributed by atoms with Crippen molar-refractivity contribution in [2.45, 2.75) is 39.5 Å². The largest absolute Gasteiger partial charge is 0.361 e. The third-order valence-electron chi connectivity index (χ3n) is 4.85. The SMILES string of the molecule is Cc1noc(C)c1CCC(=O)N1CCC(Cc2ccc(Cl)cc2)C1. The van der Waals surface area contributed by atoms with Gasteiger partial charge in [-0.25, -0.2) is 0 Å². The summed E-state index contributed by atoms with van der Waals surface area (Å²) in [6.45, 7) is 5.54. The van der Waals surface area contributed by atoms with Gasteiger partial charge in [0.15, 0.2) is 0 Å². The van der Waals surface area contributed by atoms with Crippen LogP contribution in [0.4, 0.5) is 0 Å². The Hall–Kier alpha value is -1.81. The summed E-state index contributed by atoms with van der Waals surface area (Å²) >= 11 is 5.93. The number of hydrogen-bond donors (Lipinski definition) is 0. The molecule has 1 atom stereocenters. The Morgan fingerprint density at radius 2 is 2.08 bits per heavy atom. The number of aryl methyl sites for hydroxylation is 2. The predicted octanol–water partition coefficient (Wildman–Crippen LogP) is 3.97. The lowest BCUT2D eigenvalue weighted by Crippen LogP contribution is -2.29. The second kappa shape index (κ2) is 7.39. The fourth-order valence-corrected chi connectivity index (χ4v) is 3.55.